The lowest BCUT2D eigenvalue weighted by molar-refractivity contribution is 0.0746. The molecule has 2 aromatic carbocycles. The Bertz CT molecular complexity index is 762. The van der Waals surface area contributed by atoms with E-state index in [1.165, 1.54) is 0 Å². The maximum absolute atomic E-state index is 12.6. The Kier molecular flexibility index (Phi) is 4.65. The van der Waals surface area contributed by atoms with Crippen molar-refractivity contribution < 1.29 is 9.59 Å². The number of anilines is 1. The van der Waals surface area contributed by atoms with Crippen LogP contribution in [0.4, 0.5) is 5.69 Å². The molecule has 2 aromatic rings. The minimum absolute atomic E-state index is 0.103. The van der Waals surface area contributed by atoms with E-state index in [1.54, 1.807) is 0 Å². The van der Waals surface area contributed by atoms with Gasteiger partial charge in [0.05, 0.1) is 0 Å². The first-order chi connectivity index (χ1) is 11.6. The van der Waals surface area contributed by atoms with Crippen LogP contribution in [0.3, 0.4) is 0 Å². The zero-order valence-corrected chi connectivity index (χ0v) is 14.2. The predicted octanol–water partition coefficient (Wildman–Crippen LogP) is 3.08. The van der Waals surface area contributed by atoms with Gasteiger partial charge in [-0.1, -0.05) is 17.7 Å². The summed E-state index contributed by atoms with van der Waals surface area (Å²) in [6.07, 6.45) is 0.886. The van der Waals surface area contributed by atoms with E-state index in [1.807, 2.05) is 61.2 Å². The van der Waals surface area contributed by atoms with Crippen LogP contribution in [-0.4, -0.2) is 43.3 Å². The van der Waals surface area contributed by atoms with Crippen molar-refractivity contribution in [1.82, 2.24) is 4.90 Å². The molecule has 0 aliphatic carbocycles. The summed E-state index contributed by atoms with van der Waals surface area (Å²) in [5.74, 6) is 0.103. The number of carbonyl (C=O) groups is 2. The summed E-state index contributed by atoms with van der Waals surface area (Å²) in [6.45, 7) is 6.97. The third-order valence-electron chi connectivity index (χ3n) is 4.58. The van der Waals surface area contributed by atoms with Crippen LogP contribution in [0, 0.1) is 13.8 Å². The molecule has 4 heteroatoms. The van der Waals surface area contributed by atoms with Crippen LogP contribution >= 0.6 is 0 Å². The van der Waals surface area contributed by atoms with Crippen molar-refractivity contribution in [2.24, 2.45) is 0 Å². The molecule has 0 unspecified atom stereocenters. The van der Waals surface area contributed by atoms with E-state index >= 15 is 0 Å². The first-order valence-electron chi connectivity index (χ1n) is 8.25. The van der Waals surface area contributed by atoms with E-state index in [0.29, 0.717) is 13.1 Å². The third kappa shape index (κ3) is 3.32. The summed E-state index contributed by atoms with van der Waals surface area (Å²) < 4.78 is 0. The van der Waals surface area contributed by atoms with Crippen LogP contribution in [0.1, 0.15) is 31.8 Å². The number of benzene rings is 2. The van der Waals surface area contributed by atoms with E-state index < -0.39 is 0 Å². The standard InChI is InChI=1S/C20H22N2O2/c1-15-4-3-5-17(12-15)20(24)22-10-8-21(9-11-22)19-7-6-18(14-23)16(2)13-19/h3-7,12-14H,8-11H2,1-2H3. The number of aryl methyl sites for hydroxylation is 2. The van der Waals surface area contributed by atoms with Crippen molar-refractivity contribution in [3.63, 3.8) is 0 Å². The quantitative estimate of drug-likeness (QED) is 0.816. The lowest BCUT2D eigenvalue weighted by atomic mass is 10.1. The fraction of sp³-hybridized carbons (Fsp3) is 0.300. The highest BCUT2D eigenvalue weighted by Gasteiger charge is 2.22. The minimum Gasteiger partial charge on any atom is -0.368 e. The minimum atomic E-state index is 0.103. The fourth-order valence-electron chi connectivity index (χ4n) is 3.12. The molecule has 3 rings (SSSR count). The van der Waals surface area contributed by atoms with Gasteiger partial charge in [-0.05, 0) is 49.7 Å². The molecule has 0 spiro atoms. The highest BCUT2D eigenvalue weighted by molar-refractivity contribution is 5.94. The van der Waals surface area contributed by atoms with Crippen molar-refractivity contribution in [1.29, 1.82) is 0 Å². The first kappa shape index (κ1) is 16.2. The lowest BCUT2D eigenvalue weighted by Crippen LogP contribution is -2.48. The second-order valence-corrected chi connectivity index (χ2v) is 6.31. The third-order valence-corrected chi connectivity index (χ3v) is 4.58. The number of carbonyl (C=O) groups excluding carboxylic acids is 2. The number of amides is 1. The molecule has 0 saturated carbocycles. The number of rotatable bonds is 3. The molecule has 1 fully saturated rings. The topological polar surface area (TPSA) is 40.6 Å². The monoisotopic (exact) mass is 322 g/mol. The molecule has 0 bridgehead atoms. The van der Waals surface area contributed by atoms with Crippen LogP contribution in [-0.2, 0) is 0 Å². The summed E-state index contributed by atoms with van der Waals surface area (Å²) in [5, 5.41) is 0. The van der Waals surface area contributed by atoms with Crippen LogP contribution in [0.15, 0.2) is 42.5 Å². The lowest BCUT2D eigenvalue weighted by Gasteiger charge is -2.36. The van der Waals surface area contributed by atoms with Gasteiger partial charge in [0, 0.05) is 43.0 Å². The maximum atomic E-state index is 12.6. The fourth-order valence-corrected chi connectivity index (χ4v) is 3.12. The summed E-state index contributed by atoms with van der Waals surface area (Å²) >= 11 is 0. The molecule has 124 valence electrons. The smallest absolute Gasteiger partial charge is 0.253 e. The normalized spacial score (nSPS) is 14.6. The largest absolute Gasteiger partial charge is 0.368 e. The van der Waals surface area contributed by atoms with Crippen molar-refractivity contribution in [2.45, 2.75) is 13.8 Å². The highest BCUT2D eigenvalue weighted by Crippen LogP contribution is 2.20. The first-order valence-corrected chi connectivity index (χ1v) is 8.25. The highest BCUT2D eigenvalue weighted by atomic mass is 16.2. The van der Waals surface area contributed by atoms with Gasteiger partial charge in [0.1, 0.15) is 6.29 Å². The molecule has 24 heavy (non-hydrogen) atoms. The number of nitrogens with zero attached hydrogens (tertiary/aromatic N) is 2. The molecule has 0 atom stereocenters. The summed E-state index contributed by atoms with van der Waals surface area (Å²) in [5.41, 5.74) is 4.69. The molecule has 1 heterocycles. The second kappa shape index (κ2) is 6.87. The van der Waals surface area contributed by atoms with E-state index in [-0.39, 0.29) is 5.91 Å². The molecular weight excluding hydrogens is 300 g/mol. The molecule has 4 nitrogen and oxygen atoms in total. The van der Waals surface area contributed by atoms with E-state index in [2.05, 4.69) is 4.90 Å². The number of hydrogen-bond donors (Lipinski definition) is 0. The Labute approximate surface area is 142 Å². The molecule has 0 N–H and O–H groups in total. The van der Waals surface area contributed by atoms with E-state index in [4.69, 9.17) is 0 Å². The summed E-state index contributed by atoms with van der Waals surface area (Å²) in [4.78, 5) is 27.7. The molecule has 1 aliphatic heterocycles. The van der Waals surface area contributed by atoms with Crippen molar-refractivity contribution >= 4 is 17.9 Å². The Morgan fingerprint density at radius 2 is 1.75 bits per heavy atom. The van der Waals surface area contributed by atoms with E-state index in [9.17, 15) is 9.59 Å². The van der Waals surface area contributed by atoms with Gasteiger partial charge in [-0.2, -0.15) is 0 Å². The molecule has 1 saturated heterocycles. The van der Waals surface area contributed by atoms with Gasteiger partial charge in [0.15, 0.2) is 0 Å². The van der Waals surface area contributed by atoms with Crippen LogP contribution in [0.2, 0.25) is 0 Å². The zero-order chi connectivity index (χ0) is 17.1. The van der Waals surface area contributed by atoms with Crippen LogP contribution in [0.5, 0.6) is 0 Å². The van der Waals surface area contributed by atoms with Crippen LogP contribution in [0.25, 0.3) is 0 Å². The van der Waals surface area contributed by atoms with Gasteiger partial charge >= 0.3 is 0 Å². The zero-order valence-electron chi connectivity index (χ0n) is 14.2. The van der Waals surface area contributed by atoms with Gasteiger partial charge in [-0.15, -0.1) is 0 Å². The molecule has 0 aromatic heterocycles. The van der Waals surface area contributed by atoms with Gasteiger partial charge in [-0.25, -0.2) is 0 Å². The number of hydrogen-bond acceptors (Lipinski definition) is 3. The molecule has 1 amide bonds. The molecule has 1 aliphatic rings. The van der Waals surface area contributed by atoms with Gasteiger partial charge in [0.2, 0.25) is 0 Å². The average Bonchev–Trinajstić information content (AvgIpc) is 2.61. The second-order valence-electron chi connectivity index (χ2n) is 6.31. The van der Waals surface area contributed by atoms with Gasteiger partial charge in [0.25, 0.3) is 5.91 Å². The maximum Gasteiger partial charge on any atom is 0.253 e. The Hall–Kier alpha value is -2.62. The summed E-state index contributed by atoms with van der Waals surface area (Å²) in [6, 6.07) is 13.6. The number of piperazine rings is 1. The predicted molar refractivity (Wildman–Crippen MR) is 95.9 cm³/mol. The Morgan fingerprint density at radius 3 is 2.38 bits per heavy atom. The van der Waals surface area contributed by atoms with Gasteiger partial charge < -0.3 is 9.80 Å². The number of aldehydes is 1. The Balaban J connectivity index is 1.66. The van der Waals surface area contributed by atoms with Crippen molar-refractivity contribution in [2.75, 3.05) is 31.1 Å². The molecule has 0 radical (unpaired) electrons. The average molecular weight is 322 g/mol. The summed E-state index contributed by atoms with van der Waals surface area (Å²) in [7, 11) is 0. The Morgan fingerprint density at radius 1 is 1.00 bits per heavy atom. The van der Waals surface area contributed by atoms with Crippen LogP contribution < -0.4 is 4.90 Å². The van der Waals surface area contributed by atoms with Crippen molar-refractivity contribution in [3.05, 3.63) is 64.7 Å². The van der Waals surface area contributed by atoms with Gasteiger partial charge in [-0.3, -0.25) is 9.59 Å². The van der Waals surface area contributed by atoms with Crippen molar-refractivity contribution in [3.8, 4) is 0 Å². The van der Waals surface area contributed by atoms with E-state index in [0.717, 1.165) is 47.3 Å². The molecular formula is C20H22N2O2. The SMILES string of the molecule is Cc1cccc(C(=O)N2CCN(c3ccc(C=O)c(C)c3)CC2)c1.